The fraction of sp³-hybridized carbons (Fsp3) is 0.200. The van der Waals surface area contributed by atoms with Crippen LogP contribution in [0.25, 0.3) is 11.6 Å². The second-order valence-corrected chi connectivity index (χ2v) is 5.76. The van der Waals surface area contributed by atoms with Crippen LogP contribution < -0.4 is 4.74 Å². The van der Waals surface area contributed by atoms with Crippen molar-refractivity contribution in [3.8, 4) is 11.8 Å². The van der Waals surface area contributed by atoms with Crippen molar-refractivity contribution < 1.29 is 9.53 Å². The van der Waals surface area contributed by atoms with Gasteiger partial charge in [-0.25, -0.2) is 0 Å². The second-order valence-electron chi connectivity index (χ2n) is 5.33. The van der Waals surface area contributed by atoms with E-state index in [9.17, 15) is 10.1 Å². The van der Waals surface area contributed by atoms with Crippen LogP contribution in [-0.4, -0.2) is 5.97 Å². The lowest BCUT2D eigenvalue weighted by Gasteiger charge is -2.05. The van der Waals surface area contributed by atoms with Gasteiger partial charge in [0.2, 0.25) is 0 Å². The number of allylic oxidation sites excluding steroid dienone is 1. The van der Waals surface area contributed by atoms with Crippen LogP contribution in [0, 0.1) is 11.3 Å². The molecule has 0 atom stereocenters. The number of ether oxygens (including phenoxy) is 1. The first-order valence-electron chi connectivity index (χ1n) is 7.81. The van der Waals surface area contributed by atoms with Crippen molar-refractivity contribution in [2.45, 2.75) is 26.2 Å². The van der Waals surface area contributed by atoms with Crippen LogP contribution in [-0.2, 0) is 4.79 Å². The lowest BCUT2D eigenvalue weighted by molar-refractivity contribution is -0.134. The quantitative estimate of drug-likeness (QED) is 0.302. The number of carbonyl (C=O) groups is 1. The third-order valence-corrected chi connectivity index (χ3v) is 3.66. The van der Waals surface area contributed by atoms with Crippen LogP contribution in [0.2, 0.25) is 5.02 Å². The molecule has 122 valence electrons. The predicted molar refractivity (Wildman–Crippen MR) is 96.5 cm³/mol. The highest BCUT2D eigenvalue weighted by Crippen LogP contribution is 2.22. The van der Waals surface area contributed by atoms with E-state index in [-0.39, 0.29) is 5.97 Å². The molecule has 0 fully saturated rings. The number of unbranched alkanes of at least 4 members (excludes halogenated alkanes) is 1. The molecule has 0 heterocycles. The first kappa shape index (κ1) is 17.8. The van der Waals surface area contributed by atoms with E-state index in [1.165, 1.54) is 0 Å². The fourth-order valence-electron chi connectivity index (χ4n) is 2.15. The molecule has 0 spiro atoms. The molecular weight excluding hydrogens is 322 g/mol. The molecule has 0 saturated heterocycles. The van der Waals surface area contributed by atoms with Crippen molar-refractivity contribution in [1.82, 2.24) is 0 Å². The third kappa shape index (κ3) is 5.26. The number of benzene rings is 2. The lowest BCUT2D eigenvalue weighted by atomic mass is 10.0. The molecule has 0 aliphatic heterocycles. The summed E-state index contributed by atoms with van der Waals surface area (Å²) in [6, 6.07) is 16.4. The van der Waals surface area contributed by atoms with Crippen LogP contribution >= 0.6 is 11.6 Å². The lowest BCUT2D eigenvalue weighted by Crippen LogP contribution is -2.07. The molecule has 0 N–H and O–H groups in total. The molecule has 0 amide bonds. The van der Waals surface area contributed by atoms with Gasteiger partial charge in [0.05, 0.1) is 11.6 Å². The minimum atomic E-state index is -0.240. The first-order valence-corrected chi connectivity index (χ1v) is 8.18. The number of halogens is 1. The Morgan fingerprint density at radius 1 is 1.25 bits per heavy atom. The van der Waals surface area contributed by atoms with Gasteiger partial charge in [-0.1, -0.05) is 49.2 Å². The summed E-state index contributed by atoms with van der Waals surface area (Å²) < 4.78 is 5.33. The van der Waals surface area contributed by atoms with E-state index in [1.54, 1.807) is 48.5 Å². The minimum absolute atomic E-state index is 0.240. The number of esters is 1. The summed E-state index contributed by atoms with van der Waals surface area (Å²) >= 11 is 5.87. The minimum Gasteiger partial charge on any atom is -0.427 e. The van der Waals surface area contributed by atoms with Gasteiger partial charge in [0.15, 0.2) is 0 Å². The maximum Gasteiger partial charge on any atom is 0.311 e. The van der Waals surface area contributed by atoms with E-state index in [0.717, 1.165) is 24.0 Å². The molecule has 0 aliphatic rings. The van der Waals surface area contributed by atoms with Crippen molar-refractivity contribution in [3.05, 3.63) is 64.7 Å². The average molecular weight is 340 g/mol. The van der Waals surface area contributed by atoms with E-state index in [0.29, 0.717) is 22.8 Å². The zero-order valence-electron chi connectivity index (χ0n) is 13.5. The number of nitriles is 1. The highest BCUT2D eigenvalue weighted by atomic mass is 35.5. The Morgan fingerprint density at radius 2 is 2.00 bits per heavy atom. The molecule has 2 rings (SSSR count). The summed E-state index contributed by atoms with van der Waals surface area (Å²) in [4.78, 5) is 11.7. The van der Waals surface area contributed by atoms with Crippen molar-refractivity contribution in [3.63, 3.8) is 0 Å². The predicted octanol–water partition coefficient (Wildman–Crippen LogP) is 5.50. The van der Waals surface area contributed by atoms with Crippen molar-refractivity contribution in [2.24, 2.45) is 0 Å². The van der Waals surface area contributed by atoms with Gasteiger partial charge in [0.1, 0.15) is 5.75 Å². The molecule has 0 aromatic heterocycles. The van der Waals surface area contributed by atoms with Crippen LogP contribution in [0.3, 0.4) is 0 Å². The molecule has 4 heteroatoms. The number of rotatable bonds is 6. The highest BCUT2D eigenvalue weighted by Gasteiger charge is 2.06. The van der Waals surface area contributed by atoms with Crippen LogP contribution in [0.4, 0.5) is 0 Å². The van der Waals surface area contributed by atoms with Crippen LogP contribution in [0.15, 0.2) is 48.5 Å². The van der Waals surface area contributed by atoms with E-state index in [1.807, 2.05) is 13.0 Å². The largest absolute Gasteiger partial charge is 0.427 e. The monoisotopic (exact) mass is 339 g/mol. The zero-order chi connectivity index (χ0) is 17.4. The maximum absolute atomic E-state index is 11.7. The summed E-state index contributed by atoms with van der Waals surface area (Å²) in [6.45, 7) is 2.03. The van der Waals surface area contributed by atoms with Crippen LogP contribution in [0.1, 0.15) is 37.3 Å². The van der Waals surface area contributed by atoms with E-state index < -0.39 is 0 Å². The summed E-state index contributed by atoms with van der Waals surface area (Å²) in [6.07, 6.45) is 3.93. The summed E-state index contributed by atoms with van der Waals surface area (Å²) in [5, 5.41) is 10.0. The van der Waals surface area contributed by atoms with Crippen LogP contribution in [0.5, 0.6) is 5.75 Å². The Balaban J connectivity index is 2.19. The molecule has 0 aliphatic carbocycles. The maximum atomic E-state index is 11.7. The number of hydrogen-bond donors (Lipinski definition) is 0. The SMILES string of the molecule is CCCCC(=O)Oc1cccc(/C=C(/C#N)c2ccc(Cl)cc2)c1. The second kappa shape index (κ2) is 8.90. The molecule has 2 aromatic carbocycles. The normalized spacial score (nSPS) is 11.0. The summed E-state index contributed by atoms with van der Waals surface area (Å²) in [5.74, 6) is 0.245. The highest BCUT2D eigenvalue weighted by molar-refractivity contribution is 6.30. The van der Waals surface area contributed by atoms with Gasteiger partial charge in [0, 0.05) is 11.4 Å². The Kier molecular flexibility index (Phi) is 6.60. The smallest absolute Gasteiger partial charge is 0.311 e. The molecule has 0 saturated carbocycles. The first-order chi connectivity index (χ1) is 11.6. The van der Waals surface area contributed by atoms with E-state index in [4.69, 9.17) is 16.3 Å². The van der Waals surface area contributed by atoms with Gasteiger partial charge in [-0.2, -0.15) is 5.26 Å². The Labute approximate surface area is 147 Å². The van der Waals surface area contributed by atoms with Gasteiger partial charge >= 0.3 is 5.97 Å². The molecule has 0 radical (unpaired) electrons. The molecule has 24 heavy (non-hydrogen) atoms. The number of carbonyl (C=O) groups excluding carboxylic acids is 1. The summed E-state index contributed by atoms with van der Waals surface area (Å²) in [5.41, 5.74) is 2.09. The molecule has 3 nitrogen and oxygen atoms in total. The molecule has 0 bridgehead atoms. The Hall–Kier alpha value is -2.57. The summed E-state index contributed by atoms with van der Waals surface area (Å²) in [7, 11) is 0. The number of nitrogens with zero attached hydrogens (tertiary/aromatic N) is 1. The van der Waals surface area contributed by atoms with Gasteiger partial charge < -0.3 is 4.74 Å². The molecule has 0 unspecified atom stereocenters. The Morgan fingerprint density at radius 3 is 2.67 bits per heavy atom. The molecule has 2 aromatic rings. The average Bonchev–Trinajstić information content (AvgIpc) is 2.59. The Bertz CT molecular complexity index is 773. The van der Waals surface area contributed by atoms with Gasteiger partial charge in [-0.15, -0.1) is 0 Å². The van der Waals surface area contributed by atoms with E-state index >= 15 is 0 Å². The topological polar surface area (TPSA) is 50.1 Å². The third-order valence-electron chi connectivity index (χ3n) is 3.41. The van der Waals surface area contributed by atoms with Crippen molar-refractivity contribution >= 4 is 29.2 Å². The molecular formula is C20H18ClNO2. The standard InChI is InChI=1S/C20H18ClNO2/c1-2-3-7-20(23)24-19-6-4-5-15(13-19)12-17(14-22)16-8-10-18(21)11-9-16/h4-6,8-13H,2-3,7H2,1H3/b17-12-. The van der Waals surface area contributed by atoms with Gasteiger partial charge in [-0.3, -0.25) is 4.79 Å². The van der Waals surface area contributed by atoms with Crippen molar-refractivity contribution in [1.29, 1.82) is 5.26 Å². The fourth-order valence-corrected chi connectivity index (χ4v) is 2.27. The van der Waals surface area contributed by atoms with Gasteiger partial charge in [-0.05, 0) is 47.9 Å². The van der Waals surface area contributed by atoms with Crippen molar-refractivity contribution in [2.75, 3.05) is 0 Å². The van der Waals surface area contributed by atoms with Gasteiger partial charge in [0.25, 0.3) is 0 Å². The van der Waals surface area contributed by atoms with E-state index in [2.05, 4.69) is 6.07 Å². The zero-order valence-corrected chi connectivity index (χ0v) is 14.2. The number of hydrogen-bond acceptors (Lipinski definition) is 3.